The number of nitriles is 1. The molecule has 2 aromatic heterocycles. The number of nitrogens with zero attached hydrogens (tertiary/aromatic N) is 7. The molecule has 2 aromatic rings. The van der Waals surface area contributed by atoms with E-state index in [1.807, 2.05) is 23.6 Å². The molecule has 32 heavy (non-hydrogen) atoms. The summed E-state index contributed by atoms with van der Waals surface area (Å²) in [5.41, 5.74) is 3.77. The highest BCUT2D eigenvalue weighted by Gasteiger charge is 2.25. The third-order valence-electron chi connectivity index (χ3n) is 6.71. The molecule has 0 N–H and O–H groups in total. The van der Waals surface area contributed by atoms with Crippen molar-refractivity contribution in [2.24, 2.45) is 0 Å². The SMILES string of the molecule is Cc1nc2c(C#N)cnn2c(C)c1CCC(=O)N1CCN(CC(=O)N2CCCCC2)CC1. The number of hydrogen-bond acceptors (Lipinski definition) is 6. The van der Waals surface area contributed by atoms with Gasteiger partial charge in [0.15, 0.2) is 5.65 Å². The van der Waals surface area contributed by atoms with E-state index in [1.165, 1.54) is 12.6 Å². The van der Waals surface area contributed by atoms with E-state index in [9.17, 15) is 14.9 Å². The van der Waals surface area contributed by atoms with Crippen LogP contribution < -0.4 is 0 Å². The van der Waals surface area contributed by atoms with Gasteiger partial charge in [-0.3, -0.25) is 14.5 Å². The molecule has 2 aliphatic heterocycles. The fourth-order valence-corrected chi connectivity index (χ4v) is 4.73. The van der Waals surface area contributed by atoms with E-state index < -0.39 is 0 Å². The lowest BCUT2D eigenvalue weighted by Gasteiger charge is -2.36. The highest BCUT2D eigenvalue weighted by Crippen LogP contribution is 2.19. The van der Waals surface area contributed by atoms with Gasteiger partial charge in [-0.1, -0.05) is 0 Å². The molecule has 170 valence electrons. The van der Waals surface area contributed by atoms with E-state index in [1.54, 1.807) is 4.52 Å². The second kappa shape index (κ2) is 9.65. The molecule has 4 rings (SSSR count). The second-order valence-corrected chi connectivity index (χ2v) is 8.77. The third-order valence-corrected chi connectivity index (χ3v) is 6.71. The zero-order valence-corrected chi connectivity index (χ0v) is 19.0. The Morgan fingerprint density at radius 3 is 2.38 bits per heavy atom. The van der Waals surface area contributed by atoms with Crippen LogP contribution in [0.5, 0.6) is 0 Å². The van der Waals surface area contributed by atoms with Gasteiger partial charge in [0.2, 0.25) is 11.8 Å². The van der Waals surface area contributed by atoms with Gasteiger partial charge in [0, 0.05) is 57.1 Å². The smallest absolute Gasteiger partial charge is 0.236 e. The summed E-state index contributed by atoms with van der Waals surface area (Å²) < 4.78 is 1.68. The first kappa shape index (κ1) is 22.2. The van der Waals surface area contributed by atoms with Gasteiger partial charge in [0.25, 0.3) is 0 Å². The maximum atomic E-state index is 12.8. The van der Waals surface area contributed by atoms with E-state index in [0.29, 0.717) is 43.7 Å². The predicted molar refractivity (Wildman–Crippen MR) is 119 cm³/mol. The van der Waals surface area contributed by atoms with E-state index >= 15 is 0 Å². The monoisotopic (exact) mass is 437 g/mol. The van der Waals surface area contributed by atoms with Crippen LogP contribution in [0.4, 0.5) is 0 Å². The fourth-order valence-electron chi connectivity index (χ4n) is 4.73. The average molecular weight is 438 g/mol. The van der Waals surface area contributed by atoms with Gasteiger partial charge in [-0.05, 0) is 45.1 Å². The maximum absolute atomic E-state index is 12.8. The Balaban J connectivity index is 1.29. The van der Waals surface area contributed by atoms with E-state index in [-0.39, 0.29) is 11.8 Å². The van der Waals surface area contributed by atoms with Crippen molar-refractivity contribution in [1.29, 1.82) is 5.26 Å². The molecular weight excluding hydrogens is 406 g/mol. The van der Waals surface area contributed by atoms with Gasteiger partial charge in [-0.25, -0.2) is 9.50 Å². The molecule has 0 aromatic carbocycles. The molecular formula is C23H31N7O2. The summed E-state index contributed by atoms with van der Waals surface area (Å²) in [7, 11) is 0. The van der Waals surface area contributed by atoms with Crippen molar-refractivity contribution in [3.63, 3.8) is 0 Å². The second-order valence-electron chi connectivity index (χ2n) is 8.77. The van der Waals surface area contributed by atoms with Gasteiger partial charge in [-0.15, -0.1) is 0 Å². The molecule has 4 heterocycles. The summed E-state index contributed by atoms with van der Waals surface area (Å²) in [6.07, 6.45) is 5.96. The highest BCUT2D eigenvalue weighted by molar-refractivity contribution is 5.79. The van der Waals surface area contributed by atoms with Crippen LogP contribution in [0.1, 0.15) is 48.2 Å². The highest BCUT2D eigenvalue weighted by atomic mass is 16.2. The third kappa shape index (κ3) is 4.60. The van der Waals surface area contributed by atoms with Crippen molar-refractivity contribution in [3.8, 4) is 6.07 Å². The van der Waals surface area contributed by atoms with Gasteiger partial charge < -0.3 is 9.80 Å². The molecule has 9 nitrogen and oxygen atoms in total. The Hall–Kier alpha value is -2.99. The number of hydrogen-bond donors (Lipinski definition) is 0. The van der Waals surface area contributed by atoms with Crippen LogP contribution in [0.3, 0.4) is 0 Å². The normalized spacial score (nSPS) is 17.5. The first-order chi connectivity index (χ1) is 15.5. The molecule has 0 atom stereocenters. The number of carbonyl (C=O) groups excluding carboxylic acids is 2. The minimum atomic E-state index is 0.129. The first-order valence-corrected chi connectivity index (χ1v) is 11.5. The summed E-state index contributed by atoms with van der Waals surface area (Å²) in [5.74, 6) is 0.348. The molecule has 0 unspecified atom stereocenters. The quantitative estimate of drug-likeness (QED) is 0.700. The minimum absolute atomic E-state index is 0.129. The lowest BCUT2D eigenvalue weighted by molar-refractivity contribution is -0.135. The zero-order valence-electron chi connectivity index (χ0n) is 19.0. The number of rotatable bonds is 5. The number of likely N-dealkylation sites (tertiary alicyclic amines) is 1. The fraction of sp³-hybridized carbons (Fsp3) is 0.609. The molecule has 9 heteroatoms. The molecule has 0 saturated carbocycles. The molecule has 2 aliphatic rings. The largest absolute Gasteiger partial charge is 0.342 e. The van der Waals surface area contributed by atoms with E-state index in [0.717, 1.165) is 56.0 Å². The average Bonchev–Trinajstić information content (AvgIpc) is 3.22. The predicted octanol–water partition coefficient (Wildman–Crippen LogP) is 1.31. The zero-order chi connectivity index (χ0) is 22.7. The number of amides is 2. The number of fused-ring (bicyclic) bond motifs is 1. The van der Waals surface area contributed by atoms with Gasteiger partial charge in [-0.2, -0.15) is 10.4 Å². The van der Waals surface area contributed by atoms with Crippen LogP contribution in [-0.4, -0.2) is 86.9 Å². The molecule has 0 bridgehead atoms. The Kier molecular flexibility index (Phi) is 6.70. The molecule has 0 aliphatic carbocycles. The summed E-state index contributed by atoms with van der Waals surface area (Å²) in [4.78, 5) is 35.9. The topological polar surface area (TPSA) is 97.8 Å². The van der Waals surface area contributed by atoms with Crippen LogP contribution in [-0.2, 0) is 16.0 Å². The minimum Gasteiger partial charge on any atom is -0.342 e. The van der Waals surface area contributed by atoms with E-state index in [2.05, 4.69) is 21.1 Å². The summed E-state index contributed by atoms with van der Waals surface area (Å²) in [6, 6.07) is 2.12. The molecule has 2 saturated heterocycles. The van der Waals surface area contributed by atoms with Crippen LogP contribution in [0.2, 0.25) is 0 Å². The molecule has 0 spiro atoms. The number of aryl methyl sites for hydroxylation is 2. The van der Waals surface area contributed by atoms with Crippen LogP contribution >= 0.6 is 0 Å². The molecule has 2 amide bonds. The van der Waals surface area contributed by atoms with Crippen LogP contribution in [0.15, 0.2) is 6.20 Å². The van der Waals surface area contributed by atoms with E-state index in [4.69, 9.17) is 0 Å². The Morgan fingerprint density at radius 2 is 1.69 bits per heavy atom. The lowest BCUT2D eigenvalue weighted by Crippen LogP contribution is -2.52. The van der Waals surface area contributed by atoms with Crippen molar-refractivity contribution in [2.75, 3.05) is 45.8 Å². The Morgan fingerprint density at radius 1 is 1.00 bits per heavy atom. The number of piperidine rings is 1. The van der Waals surface area contributed by atoms with Crippen molar-refractivity contribution in [3.05, 3.63) is 28.7 Å². The summed E-state index contributed by atoms with van der Waals surface area (Å²) in [5, 5.41) is 13.5. The number of piperazine rings is 1. The van der Waals surface area contributed by atoms with Gasteiger partial charge in [0.05, 0.1) is 12.7 Å². The molecule has 0 radical (unpaired) electrons. The maximum Gasteiger partial charge on any atom is 0.236 e. The van der Waals surface area contributed by atoms with Crippen molar-refractivity contribution < 1.29 is 9.59 Å². The standard InChI is InChI=1S/C23H31N7O2/c1-17-20(18(2)30-23(26-17)19(14-24)15-25-30)6-7-21(31)29-12-10-27(11-13-29)16-22(32)28-8-4-3-5-9-28/h15H,3-13,16H2,1-2H3. The number of aromatic nitrogens is 3. The number of carbonyl (C=O) groups is 2. The van der Waals surface area contributed by atoms with Crippen LogP contribution in [0.25, 0.3) is 5.65 Å². The van der Waals surface area contributed by atoms with Gasteiger partial charge >= 0.3 is 0 Å². The van der Waals surface area contributed by atoms with Crippen molar-refractivity contribution >= 4 is 17.5 Å². The van der Waals surface area contributed by atoms with Gasteiger partial charge in [0.1, 0.15) is 11.6 Å². The lowest BCUT2D eigenvalue weighted by atomic mass is 10.1. The Bertz CT molecular complexity index is 1040. The van der Waals surface area contributed by atoms with Crippen molar-refractivity contribution in [2.45, 2.75) is 46.0 Å². The summed E-state index contributed by atoms with van der Waals surface area (Å²) in [6.45, 7) is 8.88. The molecule has 2 fully saturated rings. The van der Waals surface area contributed by atoms with Crippen LogP contribution in [0, 0.1) is 25.2 Å². The first-order valence-electron chi connectivity index (χ1n) is 11.5. The summed E-state index contributed by atoms with van der Waals surface area (Å²) >= 11 is 0. The van der Waals surface area contributed by atoms with Crippen molar-refractivity contribution in [1.82, 2.24) is 29.3 Å². The Labute approximate surface area is 188 Å².